The van der Waals surface area contributed by atoms with Crippen LogP contribution in [0.1, 0.15) is 17.4 Å². The van der Waals surface area contributed by atoms with Crippen molar-refractivity contribution < 1.29 is 9.50 Å². The van der Waals surface area contributed by atoms with Gasteiger partial charge in [0.1, 0.15) is 11.9 Å². The first kappa shape index (κ1) is 13.7. The van der Waals surface area contributed by atoms with Gasteiger partial charge in [0.05, 0.1) is 22.6 Å². The van der Waals surface area contributed by atoms with E-state index in [4.69, 9.17) is 11.6 Å². The SMILES string of the molecule is OC(c1ccc(Cl)c(F)c1)c1cnnn1-c1ccccc1. The molecule has 21 heavy (non-hydrogen) atoms. The fourth-order valence-corrected chi connectivity index (χ4v) is 2.17. The van der Waals surface area contributed by atoms with Gasteiger partial charge in [-0.3, -0.25) is 0 Å². The van der Waals surface area contributed by atoms with Crippen molar-refractivity contribution in [2.45, 2.75) is 6.10 Å². The molecule has 4 nitrogen and oxygen atoms in total. The molecule has 3 rings (SSSR count). The number of aliphatic hydroxyl groups is 1. The number of para-hydroxylation sites is 1. The van der Waals surface area contributed by atoms with Gasteiger partial charge in [-0.1, -0.05) is 41.1 Å². The number of benzene rings is 2. The number of hydrogen-bond acceptors (Lipinski definition) is 3. The maximum absolute atomic E-state index is 13.5. The lowest BCUT2D eigenvalue weighted by Crippen LogP contribution is -2.08. The second-order valence-electron chi connectivity index (χ2n) is 4.48. The molecule has 0 saturated carbocycles. The molecule has 2 aromatic carbocycles. The number of aliphatic hydroxyl groups excluding tert-OH is 1. The van der Waals surface area contributed by atoms with Gasteiger partial charge >= 0.3 is 0 Å². The lowest BCUT2D eigenvalue weighted by atomic mass is 10.1. The van der Waals surface area contributed by atoms with Crippen LogP contribution in [0.2, 0.25) is 5.02 Å². The summed E-state index contributed by atoms with van der Waals surface area (Å²) < 4.78 is 15.0. The number of aromatic nitrogens is 3. The van der Waals surface area contributed by atoms with Crippen LogP contribution < -0.4 is 0 Å². The Morgan fingerprint density at radius 1 is 1.14 bits per heavy atom. The van der Waals surface area contributed by atoms with Crippen molar-refractivity contribution in [3.8, 4) is 5.69 Å². The van der Waals surface area contributed by atoms with E-state index in [0.29, 0.717) is 11.3 Å². The molecule has 0 bridgehead atoms. The fourth-order valence-electron chi connectivity index (χ4n) is 2.05. The molecular formula is C15H11ClFN3O. The third-order valence-corrected chi connectivity index (χ3v) is 3.42. The van der Waals surface area contributed by atoms with Gasteiger partial charge in [-0.25, -0.2) is 9.07 Å². The number of hydrogen-bond donors (Lipinski definition) is 1. The van der Waals surface area contributed by atoms with Gasteiger partial charge < -0.3 is 5.11 Å². The molecule has 1 heterocycles. The summed E-state index contributed by atoms with van der Waals surface area (Å²) in [4.78, 5) is 0. The maximum atomic E-state index is 13.5. The summed E-state index contributed by atoms with van der Waals surface area (Å²) in [7, 11) is 0. The number of halogens is 2. The number of rotatable bonds is 3. The van der Waals surface area contributed by atoms with Crippen LogP contribution in [0, 0.1) is 5.82 Å². The largest absolute Gasteiger partial charge is 0.382 e. The highest BCUT2D eigenvalue weighted by molar-refractivity contribution is 6.30. The highest BCUT2D eigenvalue weighted by atomic mass is 35.5. The predicted molar refractivity (Wildman–Crippen MR) is 76.8 cm³/mol. The van der Waals surface area contributed by atoms with E-state index in [1.165, 1.54) is 23.0 Å². The van der Waals surface area contributed by atoms with E-state index in [2.05, 4.69) is 10.3 Å². The van der Waals surface area contributed by atoms with Gasteiger partial charge in [-0.05, 0) is 29.8 Å². The average Bonchev–Trinajstić information content (AvgIpc) is 2.99. The smallest absolute Gasteiger partial charge is 0.142 e. The third kappa shape index (κ3) is 2.66. The first-order valence-electron chi connectivity index (χ1n) is 6.26. The number of nitrogens with zero attached hydrogens (tertiary/aromatic N) is 3. The van der Waals surface area contributed by atoms with Gasteiger partial charge in [0.15, 0.2) is 0 Å². The highest BCUT2D eigenvalue weighted by Crippen LogP contribution is 2.26. The van der Waals surface area contributed by atoms with E-state index < -0.39 is 11.9 Å². The molecule has 0 spiro atoms. The summed E-state index contributed by atoms with van der Waals surface area (Å²) in [5, 5.41) is 18.2. The van der Waals surface area contributed by atoms with Gasteiger partial charge in [-0.15, -0.1) is 5.10 Å². The summed E-state index contributed by atoms with van der Waals surface area (Å²) in [5.74, 6) is -0.577. The Hall–Kier alpha value is -2.24. The Balaban J connectivity index is 2.01. The van der Waals surface area contributed by atoms with E-state index in [-0.39, 0.29) is 5.02 Å². The van der Waals surface area contributed by atoms with Crippen LogP contribution in [0.15, 0.2) is 54.7 Å². The van der Waals surface area contributed by atoms with E-state index >= 15 is 0 Å². The second kappa shape index (κ2) is 5.63. The third-order valence-electron chi connectivity index (χ3n) is 3.12. The Labute approximate surface area is 125 Å². The molecule has 3 aromatic rings. The van der Waals surface area contributed by atoms with Gasteiger partial charge in [-0.2, -0.15) is 0 Å². The quantitative estimate of drug-likeness (QED) is 0.808. The van der Waals surface area contributed by atoms with E-state index in [0.717, 1.165) is 5.69 Å². The lowest BCUT2D eigenvalue weighted by Gasteiger charge is -2.13. The Bertz CT molecular complexity index is 761. The molecule has 0 fully saturated rings. The molecule has 0 saturated heterocycles. The average molecular weight is 304 g/mol. The molecule has 1 N–H and O–H groups in total. The molecule has 0 amide bonds. The van der Waals surface area contributed by atoms with Gasteiger partial charge in [0, 0.05) is 0 Å². The predicted octanol–water partition coefficient (Wildman–Crippen LogP) is 3.14. The van der Waals surface area contributed by atoms with Crippen LogP contribution in [0.25, 0.3) is 5.69 Å². The summed E-state index contributed by atoms with van der Waals surface area (Å²) in [6, 6.07) is 13.5. The minimum atomic E-state index is -1.05. The minimum Gasteiger partial charge on any atom is -0.382 e. The highest BCUT2D eigenvalue weighted by Gasteiger charge is 2.18. The van der Waals surface area contributed by atoms with Gasteiger partial charge in [0.2, 0.25) is 0 Å². The molecule has 0 aliphatic rings. The molecule has 1 aromatic heterocycles. The van der Waals surface area contributed by atoms with Crippen molar-refractivity contribution in [2.75, 3.05) is 0 Å². The second-order valence-corrected chi connectivity index (χ2v) is 4.89. The molecule has 0 aliphatic carbocycles. The molecule has 106 valence electrons. The van der Waals surface area contributed by atoms with Crippen molar-refractivity contribution in [1.82, 2.24) is 15.0 Å². The fraction of sp³-hybridized carbons (Fsp3) is 0.0667. The Kier molecular flexibility index (Phi) is 3.68. The van der Waals surface area contributed by atoms with Crippen molar-refractivity contribution in [3.05, 3.63) is 76.8 Å². The van der Waals surface area contributed by atoms with E-state index in [1.54, 1.807) is 6.07 Å². The van der Waals surface area contributed by atoms with Crippen molar-refractivity contribution in [3.63, 3.8) is 0 Å². The van der Waals surface area contributed by atoms with Crippen LogP contribution in [-0.2, 0) is 0 Å². The van der Waals surface area contributed by atoms with Crippen LogP contribution in [-0.4, -0.2) is 20.1 Å². The van der Waals surface area contributed by atoms with Gasteiger partial charge in [0.25, 0.3) is 0 Å². The van der Waals surface area contributed by atoms with Crippen LogP contribution >= 0.6 is 11.6 Å². The molecule has 0 aliphatic heterocycles. The zero-order valence-corrected chi connectivity index (χ0v) is 11.6. The van der Waals surface area contributed by atoms with Crippen LogP contribution in [0.5, 0.6) is 0 Å². The molecule has 6 heteroatoms. The lowest BCUT2D eigenvalue weighted by molar-refractivity contribution is 0.211. The molecule has 0 radical (unpaired) electrons. The molecule has 1 atom stereocenters. The van der Waals surface area contributed by atoms with Crippen molar-refractivity contribution in [1.29, 1.82) is 0 Å². The van der Waals surface area contributed by atoms with Crippen molar-refractivity contribution in [2.24, 2.45) is 0 Å². The normalized spacial score (nSPS) is 12.3. The zero-order valence-electron chi connectivity index (χ0n) is 10.8. The van der Waals surface area contributed by atoms with Crippen LogP contribution in [0.4, 0.5) is 4.39 Å². The first-order chi connectivity index (χ1) is 10.2. The maximum Gasteiger partial charge on any atom is 0.142 e. The topological polar surface area (TPSA) is 50.9 Å². The standard InChI is InChI=1S/C15H11ClFN3O/c16-12-7-6-10(8-13(12)17)15(21)14-9-18-19-20(14)11-4-2-1-3-5-11/h1-9,15,21H. The first-order valence-corrected chi connectivity index (χ1v) is 6.63. The summed E-state index contributed by atoms with van der Waals surface area (Å²) in [5.41, 5.74) is 1.60. The molecule has 1 unspecified atom stereocenters. The van der Waals surface area contributed by atoms with Crippen LogP contribution in [0.3, 0.4) is 0 Å². The van der Waals surface area contributed by atoms with E-state index in [1.807, 2.05) is 30.3 Å². The van der Waals surface area contributed by atoms with Crippen molar-refractivity contribution >= 4 is 11.6 Å². The monoisotopic (exact) mass is 303 g/mol. The summed E-state index contributed by atoms with van der Waals surface area (Å²) in [6.45, 7) is 0. The molecular weight excluding hydrogens is 293 g/mol. The van der Waals surface area contributed by atoms with E-state index in [9.17, 15) is 9.50 Å². The zero-order chi connectivity index (χ0) is 14.8. The summed E-state index contributed by atoms with van der Waals surface area (Å²) >= 11 is 5.65. The Morgan fingerprint density at radius 2 is 1.90 bits per heavy atom. The minimum absolute atomic E-state index is 0.0145. The summed E-state index contributed by atoms with van der Waals surface area (Å²) in [6.07, 6.45) is 0.399. The Morgan fingerprint density at radius 3 is 2.62 bits per heavy atom.